The van der Waals surface area contributed by atoms with Crippen molar-refractivity contribution in [3.63, 3.8) is 0 Å². The van der Waals surface area contributed by atoms with Crippen molar-refractivity contribution in [2.75, 3.05) is 5.32 Å². The standard InChI is InChI=1S/C18H18N6O/c1-3-23-12-16(13(2)21-23)17-9-11-24(22-17)15-6-4-14(5-7-15)20-18(25)8-10-19/h4-7,9,11-12H,3,8H2,1-2H3,(H,20,25). The van der Waals surface area contributed by atoms with E-state index in [-0.39, 0.29) is 12.3 Å². The topological polar surface area (TPSA) is 88.5 Å². The third-order valence-corrected chi connectivity index (χ3v) is 3.79. The summed E-state index contributed by atoms with van der Waals surface area (Å²) in [5, 5.41) is 20.2. The summed E-state index contributed by atoms with van der Waals surface area (Å²) in [6, 6.07) is 11.1. The Morgan fingerprint density at radius 2 is 2.00 bits per heavy atom. The minimum absolute atomic E-state index is 0.158. The summed E-state index contributed by atoms with van der Waals surface area (Å²) in [4.78, 5) is 11.4. The Kier molecular flexibility index (Phi) is 4.61. The predicted octanol–water partition coefficient (Wildman–Crippen LogP) is 2.92. The van der Waals surface area contributed by atoms with Gasteiger partial charge in [-0.15, -0.1) is 0 Å². The van der Waals surface area contributed by atoms with E-state index in [1.807, 2.05) is 55.2 Å². The molecule has 0 radical (unpaired) electrons. The van der Waals surface area contributed by atoms with Gasteiger partial charge in [0.1, 0.15) is 6.42 Å². The van der Waals surface area contributed by atoms with Gasteiger partial charge in [-0.05, 0) is 44.2 Å². The number of nitrogens with zero attached hydrogens (tertiary/aromatic N) is 5. The van der Waals surface area contributed by atoms with Crippen molar-refractivity contribution in [1.29, 1.82) is 5.26 Å². The molecule has 1 aromatic carbocycles. The molecular formula is C18H18N6O. The Bertz CT molecular complexity index is 929. The number of benzene rings is 1. The summed E-state index contributed by atoms with van der Waals surface area (Å²) in [7, 11) is 0. The largest absolute Gasteiger partial charge is 0.325 e. The van der Waals surface area contributed by atoms with Crippen molar-refractivity contribution < 1.29 is 4.79 Å². The average Bonchev–Trinajstić information content (AvgIpc) is 3.22. The Labute approximate surface area is 145 Å². The molecule has 3 aromatic rings. The number of anilines is 1. The van der Waals surface area contributed by atoms with E-state index in [1.54, 1.807) is 16.8 Å². The molecule has 0 aliphatic rings. The molecule has 0 fully saturated rings. The van der Waals surface area contributed by atoms with Crippen LogP contribution in [0.3, 0.4) is 0 Å². The summed E-state index contributed by atoms with van der Waals surface area (Å²) in [6.45, 7) is 4.84. The normalized spacial score (nSPS) is 10.4. The van der Waals surface area contributed by atoms with Gasteiger partial charge in [0.15, 0.2) is 0 Å². The lowest BCUT2D eigenvalue weighted by atomic mass is 10.2. The number of aromatic nitrogens is 4. The van der Waals surface area contributed by atoms with Crippen molar-refractivity contribution in [3.8, 4) is 23.0 Å². The van der Waals surface area contributed by atoms with Crippen molar-refractivity contribution in [2.24, 2.45) is 0 Å². The highest BCUT2D eigenvalue weighted by Crippen LogP contribution is 2.22. The predicted molar refractivity (Wildman–Crippen MR) is 94.1 cm³/mol. The average molecular weight is 334 g/mol. The SMILES string of the molecule is CCn1cc(-c2ccn(-c3ccc(NC(=O)CC#N)cc3)n2)c(C)n1. The molecule has 0 saturated carbocycles. The molecule has 1 N–H and O–H groups in total. The summed E-state index contributed by atoms with van der Waals surface area (Å²) >= 11 is 0. The summed E-state index contributed by atoms with van der Waals surface area (Å²) < 4.78 is 3.67. The highest BCUT2D eigenvalue weighted by molar-refractivity contribution is 5.92. The van der Waals surface area contributed by atoms with Crippen LogP contribution < -0.4 is 5.32 Å². The molecule has 7 nitrogen and oxygen atoms in total. The molecule has 0 saturated heterocycles. The van der Waals surface area contributed by atoms with Crippen molar-refractivity contribution in [2.45, 2.75) is 26.8 Å². The maximum atomic E-state index is 11.4. The molecule has 0 aliphatic heterocycles. The highest BCUT2D eigenvalue weighted by atomic mass is 16.1. The summed E-state index contributed by atoms with van der Waals surface area (Å²) in [5.41, 5.74) is 4.36. The van der Waals surface area contributed by atoms with E-state index in [9.17, 15) is 4.79 Å². The zero-order chi connectivity index (χ0) is 17.8. The number of nitriles is 1. The third kappa shape index (κ3) is 3.58. The number of rotatable bonds is 5. The second kappa shape index (κ2) is 7.01. The quantitative estimate of drug-likeness (QED) is 0.777. The maximum Gasteiger partial charge on any atom is 0.238 e. The zero-order valence-corrected chi connectivity index (χ0v) is 14.1. The molecule has 126 valence electrons. The maximum absolute atomic E-state index is 11.4. The van der Waals surface area contributed by atoms with Crippen molar-refractivity contribution >= 4 is 11.6 Å². The number of hydrogen-bond donors (Lipinski definition) is 1. The van der Waals surface area contributed by atoms with Crippen LogP contribution in [-0.2, 0) is 11.3 Å². The van der Waals surface area contributed by atoms with Crippen LogP contribution in [0, 0.1) is 18.3 Å². The van der Waals surface area contributed by atoms with E-state index in [0.29, 0.717) is 5.69 Å². The molecule has 2 aromatic heterocycles. The molecule has 1 amide bonds. The minimum atomic E-state index is -0.319. The van der Waals surface area contributed by atoms with E-state index in [4.69, 9.17) is 5.26 Å². The number of hydrogen-bond acceptors (Lipinski definition) is 4. The third-order valence-electron chi connectivity index (χ3n) is 3.79. The van der Waals surface area contributed by atoms with E-state index in [0.717, 1.165) is 29.2 Å². The van der Waals surface area contributed by atoms with Gasteiger partial charge in [0.05, 0.1) is 23.1 Å². The first-order chi connectivity index (χ1) is 12.1. The van der Waals surface area contributed by atoms with E-state index >= 15 is 0 Å². The first-order valence-electron chi connectivity index (χ1n) is 7.98. The lowest BCUT2D eigenvalue weighted by molar-refractivity contribution is -0.115. The number of amides is 1. The summed E-state index contributed by atoms with van der Waals surface area (Å²) in [5.74, 6) is -0.319. The van der Waals surface area contributed by atoms with Crippen LogP contribution in [0.4, 0.5) is 5.69 Å². The molecule has 0 spiro atoms. The number of carbonyl (C=O) groups is 1. The molecule has 0 aliphatic carbocycles. The number of nitrogens with one attached hydrogen (secondary N) is 1. The highest BCUT2D eigenvalue weighted by Gasteiger charge is 2.10. The van der Waals surface area contributed by atoms with Crippen LogP contribution in [0.25, 0.3) is 16.9 Å². The monoisotopic (exact) mass is 334 g/mol. The van der Waals surface area contributed by atoms with Gasteiger partial charge in [-0.2, -0.15) is 15.5 Å². The van der Waals surface area contributed by atoms with E-state index in [1.165, 1.54) is 0 Å². The molecule has 7 heteroatoms. The lowest BCUT2D eigenvalue weighted by Gasteiger charge is -2.05. The van der Waals surface area contributed by atoms with Crippen LogP contribution in [0.15, 0.2) is 42.7 Å². The lowest BCUT2D eigenvalue weighted by Crippen LogP contribution is -2.10. The van der Waals surface area contributed by atoms with E-state index < -0.39 is 0 Å². The van der Waals surface area contributed by atoms with Gasteiger partial charge in [-0.1, -0.05) is 0 Å². The fraction of sp³-hybridized carbons (Fsp3) is 0.222. The molecular weight excluding hydrogens is 316 g/mol. The summed E-state index contributed by atoms with van der Waals surface area (Å²) in [6.07, 6.45) is 3.73. The van der Waals surface area contributed by atoms with Gasteiger partial charge in [0.2, 0.25) is 5.91 Å². The molecule has 25 heavy (non-hydrogen) atoms. The van der Waals surface area contributed by atoms with E-state index in [2.05, 4.69) is 15.5 Å². The molecule has 3 rings (SSSR count). The van der Waals surface area contributed by atoms with Gasteiger partial charge >= 0.3 is 0 Å². The molecule has 2 heterocycles. The van der Waals surface area contributed by atoms with Gasteiger partial charge in [0.25, 0.3) is 0 Å². The molecule has 0 bridgehead atoms. The zero-order valence-electron chi connectivity index (χ0n) is 14.1. The number of carbonyl (C=O) groups excluding carboxylic acids is 1. The Hall–Kier alpha value is -3.40. The van der Waals surface area contributed by atoms with Crippen molar-refractivity contribution in [1.82, 2.24) is 19.6 Å². The molecule has 0 atom stereocenters. The molecule has 0 unspecified atom stereocenters. The fourth-order valence-corrected chi connectivity index (χ4v) is 2.52. The van der Waals surface area contributed by atoms with Gasteiger partial charge < -0.3 is 5.32 Å². The second-order valence-electron chi connectivity index (χ2n) is 5.56. The number of aryl methyl sites for hydroxylation is 2. The second-order valence-corrected chi connectivity index (χ2v) is 5.56. The first kappa shape index (κ1) is 16.5. The Morgan fingerprint density at radius 1 is 1.24 bits per heavy atom. The fourth-order valence-electron chi connectivity index (χ4n) is 2.52. The van der Waals surface area contributed by atoms with Crippen LogP contribution in [0.5, 0.6) is 0 Å². The van der Waals surface area contributed by atoms with Gasteiger partial charge in [0, 0.05) is 30.2 Å². The smallest absolute Gasteiger partial charge is 0.238 e. The Morgan fingerprint density at radius 3 is 2.64 bits per heavy atom. The van der Waals surface area contributed by atoms with Crippen LogP contribution >= 0.6 is 0 Å². The first-order valence-corrected chi connectivity index (χ1v) is 7.98. The van der Waals surface area contributed by atoms with Crippen LogP contribution in [-0.4, -0.2) is 25.5 Å². The van der Waals surface area contributed by atoms with Gasteiger partial charge in [-0.3, -0.25) is 9.48 Å². The van der Waals surface area contributed by atoms with Crippen LogP contribution in [0.1, 0.15) is 19.0 Å². The van der Waals surface area contributed by atoms with Gasteiger partial charge in [-0.25, -0.2) is 4.68 Å². The van der Waals surface area contributed by atoms with Crippen molar-refractivity contribution in [3.05, 3.63) is 48.4 Å². The minimum Gasteiger partial charge on any atom is -0.325 e. The Balaban J connectivity index is 1.79. The van der Waals surface area contributed by atoms with Crippen LogP contribution in [0.2, 0.25) is 0 Å².